The number of aromatic amines is 1. The highest BCUT2D eigenvalue weighted by Gasteiger charge is 2.09. The minimum Gasteiger partial charge on any atom is -0.370 e. The van der Waals surface area contributed by atoms with E-state index in [1.807, 2.05) is 26.1 Å². The van der Waals surface area contributed by atoms with Crippen molar-refractivity contribution in [2.75, 3.05) is 11.9 Å². The zero-order chi connectivity index (χ0) is 19.2. The van der Waals surface area contributed by atoms with E-state index in [0.717, 1.165) is 48.6 Å². The van der Waals surface area contributed by atoms with Crippen molar-refractivity contribution in [3.05, 3.63) is 63.6 Å². The van der Waals surface area contributed by atoms with E-state index in [0.29, 0.717) is 5.82 Å². The second-order valence-electron chi connectivity index (χ2n) is 6.28. The van der Waals surface area contributed by atoms with E-state index in [1.165, 1.54) is 17.7 Å². The predicted molar refractivity (Wildman–Crippen MR) is 104 cm³/mol. The van der Waals surface area contributed by atoms with Gasteiger partial charge in [0.05, 0.1) is 11.1 Å². The van der Waals surface area contributed by atoms with Crippen LogP contribution in [0.3, 0.4) is 0 Å². The summed E-state index contributed by atoms with van der Waals surface area (Å²) < 4.78 is 0. The maximum absolute atomic E-state index is 10.8. The van der Waals surface area contributed by atoms with Crippen LogP contribution >= 0.6 is 0 Å². The maximum Gasteiger partial charge on any atom is 0.269 e. The summed E-state index contributed by atoms with van der Waals surface area (Å²) in [6.07, 6.45) is 4.54. The molecule has 0 atom stereocenters. The second-order valence-corrected chi connectivity index (χ2v) is 6.28. The molecule has 0 aliphatic heterocycles. The van der Waals surface area contributed by atoms with Crippen LogP contribution < -0.4 is 5.32 Å². The molecule has 8 nitrogen and oxygen atoms in total. The highest BCUT2D eigenvalue weighted by atomic mass is 16.6. The van der Waals surface area contributed by atoms with E-state index < -0.39 is 4.92 Å². The summed E-state index contributed by atoms with van der Waals surface area (Å²) in [7, 11) is 0. The number of anilines is 1. The highest BCUT2D eigenvalue weighted by molar-refractivity contribution is 5.59. The van der Waals surface area contributed by atoms with Gasteiger partial charge in [-0.2, -0.15) is 5.10 Å². The summed E-state index contributed by atoms with van der Waals surface area (Å²) >= 11 is 0. The third-order valence-electron chi connectivity index (χ3n) is 4.34. The molecular weight excluding hydrogens is 344 g/mol. The minimum absolute atomic E-state index is 0.0540. The van der Waals surface area contributed by atoms with Crippen LogP contribution in [0.5, 0.6) is 0 Å². The summed E-state index contributed by atoms with van der Waals surface area (Å²) in [6, 6.07) is 8.24. The van der Waals surface area contributed by atoms with Gasteiger partial charge < -0.3 is 5.32 Å². The van der Waals surface area contributed by atoms with Crippen molar-refractivity contribution < 1.29 is 4.92 Å². The summed E-state index contributed by atoms with van der Waals surface area (Å²) in [5, 5.41) is 21.1. The van der Waals surface area contributed by atoms with Gasteiger partial charge in [0, 0.05) is 41.7 Å². The average Bonchev–Trinajstić information content (AvgIpc) is 3.10. The van der Waals surface area contributed by atoms with Crippen molar-refractivity contribution in [1.82, 2.24) is 20.2 Å². The topological polar surface area (TPSA) is 110 Å². The number of benzene rings is 1. The molecule has 2 aromatic heterocycles. The van der Waals surface area contributed by atoms with Crippen molar-refractivity contribution in [3.8, 4) is 11.4 Å². The number of aromatic nitrogens is 4. The van der Waals surface area contributed by atoms with Crippen LogP contribution in [0.4, 0.5) is 11.5 Å². The van der Waals surface area contributed by atoms with E-state index in [2.05, 4.69) is 25.5 Å². The van der Waals surface area contributed by atoms with Gasteiger partial charge in [-0.25, -0.2) is 9.97 Å². The molecule has 3 aromatic rings. The number of nitro groups is 1. The van der Waals surface area contributed by atoms with Gasteiger partial charge in [0.1, 0.15) is 5.82 Å². The van der Waals surface area contributed by atoms with E-state index in [-0.39, 0.29) is 5.69 Å². The van der Waals surface area contributed by atoms with Gasteiger partial charge in [-0.3, -0.25) is 15.2 Å². The van der Waals surface area contributed by atoms with Crippen molar-refractivity contribution in [2.24, 2.45) is 0 Å². The summed E-state index contributed by atoms with van der Waals surface area (Å²) in [5.41, 5.74) is 4.06. The zero-order valence-corrected chi connectivity index (χ0v) is 15.4. The third-order valence-corrected chi connectivity index (χ3v) is 4.34. The molecule has 3 rings (SSSR count). The first-order chi connectivity index (χ1) is 13.1. The van der Waals surface area contributed by atoms with Crippen molar-refractivity contribution >= 4 is 11.5 Å². The Kier molecular flexibility index (Phi) is 5.75. The van der Waals surface area contributed by atoms with E-state index in [1.54, 1.807) is 12.1 Å². The molecular formula is C19H22N6O2. The van der Waals surface area contributed by atoms with Crippen molar-refractivity contribution in [2.45, 2.75) is 33.1 Å². The molecule has 0 radical (unpaired) electrons. The first-order valence-electron chi connectivity index (χ1n) is 8.92. The first-order valence-corrected chi connectivity index (χ1v) is 8.92. The van der Waals surface area contributed by atoms with Crippen LogP contribution in [-0.4, -0.2) is 31.6 Å². The molecule has 0 bridgehead atoms. The van der Waals surface area contributed by atoms with Gasteiger partial charge in [-0.05, 0) is 43.9 Å². The zero-order valence-electron chi connectivity index (χ0n) is 15.4. The van der Waals surface area contributed by atoms with Crippen LogP contribution in [-0.2, 0) is 12.8 Å². The van der Waals surface area contributed by atoms with Crippen LogP contribution in [0.15, 0.2) is 36.5 Å². The molecule has 140 valence electrons. The Morgan fingerprint density at radius 1 is 1.22 bits per heavy atom. The van der Waals surface area contributed by atoms with E-state index in [4.69, 9.17) is 0 Å². The van der Waals surface area contributed by atoms with Gasteiger partial charge >= 0.3 is 0 Å². The molecule has 0 saturated heterocycles. The lowest BCUT2D eigenvalue weighted by molar-refractivity contribution is -0.384. The lowest BCUT2D eigenvalue weighted by atomic mass is 10.1. The monoisotopic (exact) mass is 366 g/mol. The Hall–Kier alpha value is -3.29. The first kappa shape index (κ1) is 18.5. The van der Waals surface area contributed by atoms with Crippen LogP contribution in [0.25, 0.3) is 11.4 Å². The van der Waals surface area contributed by atoms with Crippen molar-refractivity contribution in [1.29, 1.82) is 0 Å². The average molecular weight is 366 g/mol. The van der Waals surface area contributed by atoms with E-state index in [9.17, 15) is 10.1 Å². The van der Waals surface area contributed by atoms with Crippen LogP contribution in [0.2, 0.25) is 0 Å². The SMILES string of the molecule is CCc1cc(NCCCc2cn[nH]c2C)nc(-c2ccc([N+](=O)[O-])cc2)n1. The predicted octanol–water partition coefficient (Wildman–Crippen LogP) is 3.69. The lowest BCUT2D eigenvalue weighted by Gasteiger charge is -2.09. The highest BCUT2D eigenvalue weighted by Crippen LogP contribution is 2.21. The molecule has 27 heavy (non-hydrogen) atoms. The van der Waals surface area contributed by atoms with Crippen LogP contribution in [0.1, 0.15) is 30.3 Å². The van der Waals surface area contributed by atoms with Gasteiger partial charge in [0.25, 0.3) is 5.69 Å². The molecule has 8 heteroatoms. The molecule has 0 spiro atoms. The standard InChI is InChI=1S/C19H22N6O2/c1-3-16-11-18(20-10-4-5-15-12-21-24-13(15)2)23-19(22-16)14-6-8-17(9-7-14)25(26)27/h6-9,11-12H,3-5,10H2,1-2H3,(H,21,24)(H,20,22,23). The number of hydrogen-bond acceptors (Lipinski definition) is 6. The number of aryl methyl sites for hydroxylation is 3. The Morgan fingerprint density at radius 3 is 2.63 bits per heavy atom. The maximum atomic E-state index is 10.8. The number of hydrogen-bond donors (Lipinski definition) is 2. The summed E-state index contributed by atoms with van der Waals surface area (Å²) in [5.74, 6) is 1.33. The molecule has 2 heterocycles. The Morgan fingerprint density at radius 2 is 2.00 bits per heavy atom. The number of rotatable bonds is 8. The number of nitrogens with zero attached hydrogens (tertiary/aromatic N) is 4. The van der Waals surface area contributed by atoms with Gasteiger partial charge in [0.2, 0.25) is 0 Å². The fraction of sp³-hybridized carbons (Fsp3) is 0.316. The number of H-pyrrole nitrogens is 1. The summed E-state index contributed by atoms with van der Waals surface area (Å²) in [6.45, 7) is 4.84. The van der Waals surface area contributed by atoms with Crippen molar-refractivity contribution in [3.63, 3.8) is 0 Å². The normalized spacial score (nSPS) is 10.7. The molecule has 0 aliphatic carbocycles. The quantitative estimate of drug-likeness (QED) is 0.357. The minimum atomic E-state index is -0.415. The molecule has 0 saturated carbocycles. The number of nitro benzene ring substituents is 1. The molecule has 2 N–H and O–H groups in total. The largest absolute Gasteiger partial charge is 0.370 e. The fourth-order valence-electron chi connectivity index (χ4n) is 2.75. The third kappa shape index (κ3) is 4.66. The fourth-order valence-corrected chi connectivity index (χ4v) is 2.75. The Labute approximate surface area is 157 Å². The number of nitrogens with one attached hydrogen (secondary N) is 2. The second kappa shape index (κ2) is 8.39. The molecule has 0 fully saturated rings. The smallest absolute Gasteiger partial charge is 0.269 e. The Bertz CT molecular complexity index is 920. The van der Waals surface area contributed by atoms with Gasteiger partial charge in [0.15, 0.2) is 5.82 Å². The van der Waals surface area contributed by atoms with Crippen LogP contribution in [0, 0.1) is 17.0 Å². The molecule has 0 aliphatic rings. The molecule has 1 aromatic carbocycles. The Balaban J connectivity index is 1.69. The van der Waals surface area contributed by atoms with E-state index >= 15 is 0 Å². The lowest BCUT2D eigenvalue weighted by Crippen LogP contribution is -2.07. The molecule has 0 amide bonds. The number of non-ortho nitro benzene ring substituents is 1. The van der Waals surface area contributed by atoms with Gasteiger partial charge in [-0.1, -0.05) is 6.92 Å². The summed E-state index contributed by atoms with van der Waals surface area (Å²) in [4.78, 5) is 19.5. The van der Waals surface area contributed by atoms with Gasteiger partial charge in [-0.15, -0.1) is 0 Å². The molecule has 0 unspecified atom stereocenters.